The molecule has 0 aliphatic rings. The van der Waals surface area contributed by atoms with Gasteiger partial charge < -0.3 is 19.8 Å². The minimum Gasteiger partial charge on any atom is -0.387 e. The second-order valence-corrected chi connectivity index (χ2v) is 25.6. The van der Waals surface area contributed by atoms with E-state index in [-0.39, 0.29) is 19.1 Å². The molecule has 0 fully saturated rings. The Hall–Kier alpha value is -1.54. The topological polar surface area (TPSA) is 105 Å². The van der Waals surface area contributed by atoms with Crippen LogP contribution < -0.4 is 5.32 Å². The first-order valence-corrected chi connectivity index (χ1v) is 35.0. The summed E-state index contributed by atoms with van der Waals surface area (Å²) < 4.78 is 23.7. The Labute approximate surface area is 479 Å². The van der Waals surface area contributed by atoms with Crippen molar-refractivity contribution in [3.8, 4) is 0 Å². The first-order valence-electron chi connectivity index (χ1n) is 33.5. The van der Waals surface area contributed by atoms with Crippen molar-refractivity contribution in [1.82, 2.24) is 5.32 Å². The number of hydrogen-bond donors (Lipinski definition) is 3. The lowest BCUT2D eigenvalue weighted by atomic mass is 10.0. The SMILES string of the molecule is CCCCCCCCCC/C=C\CCCCCCCCCCCCCCCCCCCCCCCCCCCC(=O)NC(COP(=O)(O)OCC[N+](C)(C)C)C(O)/C=C/CC/C=C/CC/C=C/CCCCCCCCCC. The molecule has 0 aromatic heterocycles. The van der Waals surface area contributed by atoms with Gasteiger partial charge in [-0.3, -0.25) is 13.8 Å². The fraction of sp³-hybridized carbons (Fsp3) is 0.868. The number of allylic oxidation sites excluding steroid dienone is 7. The number of hydrogen-bond acceptors (Lipinski definition) is 5. The van der Waals surface area contributed by atoms with Crippen LogP contribution in [0, 0.1) is 0 Å². The van der Waals surface area contributed by atoms with E-state index in [4.69, 9.17) is 9.05 Å². The molecule has 77 heavy (non-hydrogen) atoms. The van der Waals surface area contributed by atoms with Crippen molar-refractivity contribution in [2.45, 2.75) is 341 Å². The van der Waals surface area contributed by atoms with Crippen LogP contribution in [0.2, 0.25) is 0 Å². The van der Waals surface area contributed by atoms with Gasteiger partial charge in [0.2, 0.25) is 5.91 Å². The van der Waals surface area contributed by atoms with Gasteiger partial charge in [0, 0.05) is 6.42 Å². The lowest BCUT2D eigenvalue weighted by Crippen LogP contribution is -2.45. The third kappa shape index (κ3) is 61.9. The fourth-order valence-electron chi connectivity index (χ4n) is 10.0. The summed E-state index contributed by atoms with van der Waals surface area (Å²) in [6.07, 6.45) is 79.8. The van der Waals surface area contributed by atoms with Crippen LogP contribution in [0.4, 0.5) is 0 Å². The molecule has 3 unspecified atom stereocenters. The molecule has 0 aromatic rings. The molecule has 0 aliphatic heterocycles. The molecule has 9 heteroatoms. The minimum absolute atomic E-state index is 0.0545. The first-order chi connectivity index (χ1) is 37.5. The zero-order valence-corrected chi connectivity index (χ0v) is 52.9. The summed E-state index contributed by atoms with van der Waals surface area (Å²) in [5, 5.41) is 13.9. The van der Waals surface area contributed by atoms with E-state index >= 15 is 0 Å². The van der Waals surface area contributed by atoms with Gasteiger partial charge in [0.15, 0.2) is 0 Å². The zero-order valence-electron chi connectivity index (χ0n) is 52.0. The number of carbonyl (C=O) groups is 1. The molecule has 3 atom stereocenters. The van der Waals surface area contributed by atoms with Gasteiger partial charge in [-0.15, -0.1) is 0 Å². The normalized spacial score (nSPS) is 14.0. The van der Waals surface area contributed by atoms with Crippen LogP contribution >= 0.6 is 7.82 Å². The van der Waals surface area contributed by atoms with Crippen LogP contribution in [0.15, 0.2) is 48.6 Å². The van der Waals surface area contributed by atoms with Gasteiger partial charge in [0.1, 0.15) is 13.2 Å². The maximum absolute atomic E-state index is 13.0. The lowest BCUT2D eigenvalue weighted by Gasteiger charge is -2.25. The Bertz CT molecular complexity index is 1390. The highest BCUT2D eigenvalue weighted by Gasteiger charge is 2.28. The maximum atomic E-state index is 13.0. The number of phosphoric acid groups is 1. The summed E-state index contributed by atoms with van der Waals surface area (Å²) in [5.41, 5.74) is 0. The predicted octanol–water partition coefficient (Wildman–Crippen LogP) is 21.1. The van der Waals surface area contributed by atoms with Gasteiger partial charge in [-0.25, -0.2) is 4.57 Å². The number of phosphoric ester groups is 1. The lowest BCUT2D eigenvalue weighted by molar-refractivity contribution is -0.870. The maximum Gasteiger partial charge on any atom is 0.472 e. The average Bonchev–Trinajstić information content (AvgIpc) is 3.39. The number of aliphatic hydroxyl groups excluding tert-OH is 1. The Morgan fingerprint density at radius 1 is 0.429 bits per heavy atom. The summed E-state index contributed by atoms with van der Waals surface area (Å²) in [6.45, 7) is 4.82. The Kier molecular flexibility index (Phi) is 57.9. The largest absolute Gasteiger partial charge is 0.472 e. The summed E-state index contributed by atoms with van der Waals surface area (Å²) in [5.74, 6) is -0.186. The molecule has 0 radical (unpaired) electrons. The van der Waals surface area contributed by atoms with Crippen LogP contribution in [0.3, 0.4) is 0 Å². The van der Waals surface area contributed by atoms with Gasteiger partial charge in [-0.1, -0.05) is 300 Å². The summed E-state index contributed by atoms with van der Waals surface area (Å²) >= 11 is 0. The second kappa shape index (κ2) is 59.1. The van der Waals surface area contributed by atoms with Gasteiger partial charge in [-0.2, -0.15) is 0 Å². The van der Waals surface area contributed by atoms with Crippen molar-refractivity contribution in [3.05, 3.63) is 48.6 Å². The van der Waals surface area contributed by atoms with Crippen molar-refractivity contribution >= 4 is 13.7 Å². The van der Waals surface area contributed by atoms with Crippen LogP contribution in [0.5, 0.6) is 0 Å². The summed E-state index contributed by atoms with van der Waals surface area (Å²) in [6, 6.07) is -0.869. The van der Waals surface area contributed by atoms with Crippen molar-refractivity contribution in [3.63, 3.8) is 0 Å². The van der Waals surface area contributed by atoms with Gasteiger partial charge >= 0.3 is 7.82 Å². The molecular formula is C68H132N2O6P+. The number of unbranched alkanes of at least 4 members (excludes halogenated alkanes) is 43. The first kappa shape index (κ1) is 75.5. The minimum atomic E-state index is -4.36. The highest BCUT2D eigenvalue weighted by atomic mass is 31.2. The van der Waals surface area contributed by atoms with E-state index in [0.717, 1.165) is 44.9 Å². The molecule has 3 N–H and O–H groups in total. The molecule has 0 spiro atoms. The highest BCUT2D eigenvalue weighted by Crippen LogP contribution is 2.43. The molecule has 0 bridgehead atoms. The van der Waals surface area contributed by atoms with Gasteiger partial charge in [0.25, 0.3) is 0 Å². The molecule has 0 saturated heterocycles. The van der Waals surface area contributed by atoms with E-state index in [2.05, 4.69) is 55.6 Å². The molecule has 1 amide bonds. The number of nitrogens with one attached hydrogen (secondary N) is 1. The number of nitrogens with zero attached hydrogens (tertiary/aromatic N) is 1. The Morgan fingerprint density at radius 3 is 1.04 bits per heavy atom. The van der Waals surface area contributed by atoms with Crippen molar-refractivity contribution in [2.24, 2.45) is 0 Å². The number of rotatable bonds is 62. The molecular weight excluding hydrogens is 972 g/mol. The average molecular weight is 1100 g/mol. The van der Waals surface area contributed by atoms with Gasteiger partial charge in [0.05, 0.1) is 39.9 Å². The van der Waals surface area contributed by atoms with Crippen LogP contribution in [-0.2, 0) is 18.4 Å². The molecule has 0 rings (SSSR count). The van der Waals surface area contributed by atoms with E-state index in [9.17, 15) is 19.4 Å². The quantitative estimate of drug-likeness (QED) is 0.0243. The van der Waals surface area contributed by atoms with E-state index < -0.39 is 20.0 Å². The molecule has 0 heterocycles. The van der Waals surface area contributed by atoms with Crippen LogP contribution in [0.1, 0.15) is 328 Å². The van der Waals surface area contributed by atoms with Crippen LogP contribution in [-0.4, -0.2) is 73.4 Å². The highest BCUT2D eigenvalue weighted by molar-refractivity contribution is 7.47. The van der Waals surface area contributed by atoms with E-state index in [0.29, 0.717) is 17.4 Å². The monoisotopic (exact) mass is 1100 g/mol. The molecule has 0 aromatic carbocycles. The number of quaternary nitrogens is 1. The third-order valence-electron chi connectivity index (χ3n) is 15.2. The predicted molar refractivity (Wildman–Crippen MR) is 337 cm³/mol. The van der Waals surface area contributed by atoms with Crippen molar-refractivity contribution in [1.29, 1.82) is 0 Å². The molecule has 8 nitrogen and oxygen atoms in total. The van der Waals surface area contributed by atoms with Crippen molar-refractivity contribution in [2.75, 3.05) is 40.9 Å². The molecule has 0 saturated carbocycles. The third-order valence-corrected chi connectivity index (χ3v) is 16.2. The summed E-state index contributed by atoms with van der Waals surface area (Å²) in [4.78, 5) is 23.3. The van der Waals surface area contributed by atoms with Crippen molar-refractivity contribution < 1.29 is 32.9 Å². The standard InChI is InChI=1S/C68H131N2O6P/c1-6-8-10-12-14-16-18-20-22-24-26-27-28-29-30-31-32-33-34-35-36-37-38-39-40-41-42-43-44-46-48-50-52-54-56-58-60-62-68(72)69-66(65-76-77(73,74)75-64-63-70(3,4)5)67(71)61-59-57-55-53-51-49-47-45-25-23-21-19-17-15-13-11-9-7-2/h24-26,45,51,53,59,61,66-67,71H,6-23,27-44,46-50,52,54-58,60,62-65H2,1-5H3,(H-,69,72,73,74)/p+1/b26-24-,45-25+,53-51+,61-59+. The van der Waals surface area contributed by atoms with Gasteiger partial charge in [-0.05, 0) is 70.6 Å². The zero-order chi connectivity index (χ0) is 56.3. The molecule has 0 aliphatic carbocycles. The second-order valence-electron chi connectivity index (χ2n) is 24.2. The summed E-state index contributed by atoms with van der Waals surface area (Å²) in [7, 11) is 1.56. The van der Waals surface area contributed by atoms with E-state index in [1.165, 1.54) is 263 Å². The van der Waals surface area contributed by atoms with E-state index in [1.807, 2.05) is 27.2 Å². The fourth-order valence-corrected chi connectivity index (χ4v) is 10.7. The smallest absolute Gasteiger partial charge is 0.387 e. The van der Waals surface area contributed by atoms with Crippen LogP contribution in [0.25, 0.3) is 0 Å². The number of likely N-dealkylation sites (N-methyl/N-ethyl adjacent to an activating group) is 1. The van der Waals surface area contributed by atoms with E-state index in [1.54, 1.807) is 6.08 Å². The molecule has 454 valence electrons. The Morgan fingerprint density at radius 2 is 0.714 bits per heavy atom. The number of carbonyl (C=O) groups excluding carboxylic acids is 1. The Balaban J connectivity index is 3.98. The number of amides is 1. The number of aliphatic hydroxyl groups is 1.